The normalized spacial score (nSPS) is 12.7. The molecule has 1 N–H and O–H groups in total. The number of carbonyl (C=O) groups is 2. The first kappa shape index (κ1) is 18.0. The summed E-state index contributed by atoms with van der Waals surface area (Å²) in [5.74, 6) is 0.496. The number of aryl methyl sites for hydroxylation is 1. The third kappa shape index (κ3) is 4.44. The zero-order chi connectivity index (χ0) is 17.6. The van der Waals surface area contributed by atoms with Crippen LogP contribution >= 0.6 is 23.1 Å². The minimum absolute atomic E-state index is 0.0428. The van der Waals surface area contributed by atoms with Crippen molar-refractivity contribution in [2.75, 3.05) is 18.2 Å². The van der Waals surface area contributed by atoms with Crippen molar-refractivity contribution in [3.8, 4) is 0 Å². The van der Waals surface area contributed by atoms with Crippen LogP contribution in [0.1, 0.15) is 40.1 Å². The Bertz CT molecular complexity index is 756. The van der Waals surface area contributed by atoms with E-state index in [1.807, 2.05) is 18.2 Å². The zero-order valence-corrected chi connectivity index (χ0v) is 15.8. The summed E-state index contributed by atoms with van der Waals surface area (Å²) < 4.78 is 4.90. The fourth-order valence-corrected chi connectivity index (χ4v) is 5.11. The monoisotopic (exact) mass is 375 g/mol. The molecule has 1 heterocycles. The molecule has 6 heteroatoms. The topological polar surface area (TPSA) is 55.4 Å². The zero-order valence-electron chi connectivity index (χ0n) is 14.2. The third-order valence-electron chi connectivity index (χ3n) is 4.12. The molecule has 0 aliphatic heterocycles. The highest BCUT2D eigenvalue weighted by molar-refractivity contribution is 7.99. The van der Waals surface area contributed by atoms with Crippen LogP contribution in [0.15, 0.2) is 35.2 Å². The largest absolute Gasteiger partial charge is 0.465 e. The van der Waals surface area contributed by atoms with Crippen LogP contribution in [-0.4, -0.2) is 24.7 Å². The van der Waals surface area contributed by atoms with Gasteiger partial charge in [0.25, 0.3) is 0 Å². The predicted molar refractivity (Wildman–Crippen MR) is 103 cm³/mol. The van der Waals surface area contributed by atoms with Crippen LogP contribution < -0.4 is 5.32 Å². The van der Waals surface area contributed by atoms with Gasteiger partial charge in [0.2, 0.25) is 5.91 Å². The lowest BCUT2D eigenvalue weighted by atomic mass is 10.1. The lowest BCUT2D eigenvalue weighted by Gasteiger charge is -2.07. The number of nitrogens with one attached hydrogen (secondary N) is 1. The van der Waals surface area contributed by atoms with E-state index in [9.17, 15) is 9.59 Å². The summed E-state index contributed by atoms with van der Waals surface area (Å²) in [4.78, 5) is 26.7. The molecule has 0 fully saturated rings. The molecule has 0 spiro atoms. The Kier molecular flexibility index (Phi) is 6.15. The molecule has 25 heavy (non-hydrogen) atoms. The molecule has 1 aromatic carbocycles. The number of hydrogen-bond acceptors (Lipinski definition) is 5. The van der Waals surface area contributed by atoms with E-state index in [1.54, 1.807) is 11.8 Å². The summed E-state index contributed by atoms with van der Waals surface area (Å²) >= 11 is 3.27. The Morgan fingerprint density at radius 2 is 2.04 bits per heavy atom. The van der Waals surface area contributed by atoms with E-state index < -0.39 is 0 Å². The highest BCUT2D eigenvalue weighted by atomic mass is 32.2. The number of carbonyl (C=O) groups excluding carboxylic acids is 2. The molecule has 0 saturated heterocycles. The van der Waals surface area contributed by atoms with Gasteiger partial charge < -0.3 is 10.1 Å². The highest BCUT2D eigenvalue weighted by Gasteiger charge is 2.27. The average molecular weight is 376 g/mol. The van der Waals surface area contributed by atoms with Crippen LogP contribution in [0.25, 0.3) is 0 Å². The number of anilines is 1. The molecule has 1 aliphatic rings. The second-order valence-electron chi connectivity index (χ2n) is 5.87. The number of methoxy groups -OCH3 is 1. The number of rotatable bonds is 7. The fourth-order valence-electron chi connectivity index (χ4n) is 2.94. The Labute approximate surface area is 156 Å². The maximum atomic E-state index is 12.2. The summed E-state index contributed by atoms with van der Waals surface area (Å²) in [6, 6.07) is 10.2. The molecule has 0 bridgehead atoms. The van der Waals surface area contributed by atoms with Crippen LogP contribution in [0.4, 0.5) is 5.00 Å². The lowest BCUT2D eigenvalue weighted by Crippen LogP contribution is -2.14. The molecule has 4 nitrogen and oxygen atoms in total. The summed E-state index contributed by atoms with van der Waals surface area (Å²) in [5, 5.41) is 3.57. The van der Waals surface area contributed by atoms with Gasteiger partial charge in [-0.3, -0.25) is 4.79 Å². The first-order valence-corrected chi connectivity index (χ1v) is 10.2. The van der Waals surface area contributed by atoms with E-state index >= 15 is 0 Å². The maximum absolute atomic E-state index is 12.2. The van der Waals surface area contributed by atoms with Gasteiger partial charge in [-0.15, -0.1) is 23.1 Å². The number of thioether (sulfide) groups is 1. The van der Waals surface area contributed by atoms with Crippen LogP contribution in [0.5, 0.6) is 0 Å². The quantitative estimate of drug-likeness (QED) is 0.439. The van der Waals surface area contributed by atoms with E-state index in [4.69, 9.17) is 4.74 Å². The van der Waals surface area contributed by atoms with Crippen molar-refractivity contribution in [3.05, 3.63) is 46.3 Å². The second-order valence-corrected chi connectivity index (χ2v) is 8.14. The van der Waals surface area contributed by atoms with Crippen LogP contribution in [-0.2, 0) is 22.4 Å². The number of thiophene rings is 1. The van der Waals surface area contributed by atoms with E-state index in [-0.39, 0.29) is 11.9 Å². The van der Waals surface area contributed by atoms with Gasteiger partial charge in [0.1, 0.15) is 5.00 Å². The fraction of sp³-hybridized carbons (Fsp3) is 0.368. The molecule has 0 atom stereocenters. The van der Waals surface area contributed by atoms with Gasteiger partial charge in [0.05, 0.1) is 12.7 Å². The van der Waals surface area contributed by atoms with Crippen molar-refractivity contribution in [3.63, 3.8) is 0 Å². The average Bonchev–Trinajstić information content (AvgIpc) is 3.19. The van der Waals surface area contributed by atoms with Crippen molar-refractivity contribution in [2.45, 2.75) is 37.0 Å². The molecule has 3 rings (SSSR count). The molecule has 2 aromatic rings. The molecule has 1 amide bonds. The number of esters is 1. The van der Waals surface area contributed by atoms with Gasteiger partial charge in [-0.25, -0.2) is 4.79 Å². The van der Waals surface area contributed by atoms with Crippen LogP contribution in [0.2, 0.25) is 0 Å². The van der Waals surface area contributed by atoms with Gasteiger partial charge in [-0.05, 0) is 49.1 Å². The molecular weight excluding hydrogens is 354 g/mol. The Morgan fingerprint density at radius 1 is 1.24 bits per heavy atom. The minimum atomic E-state index is -0.352. The van der Waals surface area contributed by atoms with E-state index in [0.717, 1.165) is 37.0 Å². The van der Waals surface area contributed by atoms with Gasteiger partial charge in [-0.1, -0.05) is 18.2 Å². The second kappa shape index (κ2) is 8.54. The summed E-state index contributed by atoms with van der Waals surface area (Å²) in [6.45, 7) is 0. The van der Waals surface area contributed by atoms with Crippen molar-refractivity contribution < 1.29 is 14.3 Å². The number of benzene rings is 1. The van der Waals surface area contributed by atoms with Gasteiger partial charge in [0, 0.05) is 16.2 Å². The van der Waals surface area contributed by atoms with Crippen LogP contribution in [0, 0.1) is 0 Å². The Balaban J connectivity index is 1.54. The van der Waals surface area contributed by atoms with Crippen LogP contribution in [0.3, 0.4) is 0 Å². The van der Waals surface area contributed by atoms with Gasteiger partial charge in [-0.2, -0.15) is 0 Å². The molecular formula is C19H21NO3S2. The minimum Gasteiger partial charge on any atom is -0.465 e. The molecule has 132 valence electrons. The summed E-state index contributed by atoms with van der Waals surface area (Å²) in [7, 11) is 1.38. The molecule has 1 aliphatic carbocycles. The molecule has 0 saturated carbocycles. The Hall–Kier alpha value is -1.79. The highest BCUT2D eigenvalue weighted by Crippen LogP contribution is 2.39. The predicted octanol–water partition coefficient (Wildman–Crippen LogP) is 4.53. The smallest absolute Gasteiger partial charge is 0.341 e. The SMILES string of the molecule is COC(=O)c1c(NC(=O)CCCSc2ccccc2)sc2c1CCC2. The maximum Gasteiger partial charge on any atom is 0.341 e. The van der Waals surface area contributed by atoms with E-state index in [1.165, 1.54) is 28.2 Å². The van der Waals surface area contributed by atoms with E-state index in [0.29, 0.717) is 17.0 Å². The van der Waals surface area contributed by atoms with Crippen molar-refractivity contribution in [2.24, 2.45) is 0 Å². The van der Waals surface area contributed by atoms with E-state index in [2.05, 4.69) is 17.4 Å². The van der Waals surface area contributed by atoms with Gasteiger partial charge >= 0.3 is 5.97 Å². The third-order valence-corrected chi connectivity index (χ3v) is 6.43. The molecule has 1 aromatic heterocycles. The number of amides is 1. The lowest BCUT2D eigenvalue weighted by molar-refractivity contribution is -0.116. The van der Waals surface area contributed by atoms with Crippen molar-refractivity contribution in [1.29, 1.82) is 0 Å². The number of hydrogen-bond donors (Lipinski definition) is 1. The number of fused-ring (bicyclic) bond motifs is 1. The molecule has 0 unspecified atom stereocenters. The molecule has 0 radical (unpaired) electrons. The summed E-state index contributed by atoms with van der Waals surface area (Å²) in [5.41, 5.74) is 1.62. The first-order valence-electron chi connectivity index (χ1n) is 8.39. The standard InChI is InChI=1S/C19H21NO3S2/c1-23-19(22)17-14-9-5-10-15(14)25-18(17)20-16(21)11-6-12-24-13-7-3-2-4-8-13/h2-4,7-8H,5-6,9-12H2,1H3,(H,20,21). The number of ether oxygens (including phenoxy) is 1. The van der Waals surface area contributed by atoms with Crippen molar-refractivity contribution in [1.82, 2.24) is 0 Å². The first-order chi connectivity index (χ1) is 12.2. The van der Waals surface area contributed by atoms with Crippen molar-refractivity contribution >= 4 is 40.0 Å². The summed E-state index contributed by atoms with van der Waals surface area (Å²) in [6.07, 6.45) is 4.18. The Morgan fingerprint density at radius 3 is 2.80 bits per heavy atom. The van der Waals surface area contributed by atoms with Gasteiger partial charge in [0.15, 0.2) is 0 Å².